The summed E-state index contributed by atoms with van der Waals surface area (Å²) in [7, 11) is 3.80. The molecule has 0 aliphatic rings. The second kappa shape index (κ2) is 5.88. The summed E-state index contributed by atoms with van der Waals surface area (Å²) in [5.74, 6) is 0. The van der Waals surface area contributed by atoms with E-state index < -0.39 is 0 Å². The SMILES string of the molecule is CN/C=C(/Br)C(NC)c1ccc(C)nc1. The fraction of sp³-hybridized carbons (Fsp3) is 0.364. The molecule has 0 bridgehead atoms. The molecule has 1 aromatic rings. The number of aromatic nitrogens is 1. The third-order valence-electron chi connectivity index (χ3n) is 2.11. The van der Waals surface area contributed by atoms with Gasteiger partial charge in [0.1, 0.15) is 0 Å². The number of aryl methyl sites for hydroxylation is 1. The molecule has 0 spiro atoms. The Labute approximate surface area is 99.1 Å². The van der Waals surface area contributed by atoms with Gasteiger partial charge in [-0.2, -0.15) is 0 Å². The van der Waals surface area contributed by atoms with Crippen molar-refractivity contribution in [3.63, 3.8) is 0 Å². The van der Waals surface area contributed by atoms with E-state index in [4.69, 9.17) is 0 Å². The van der Waals surface area contributed by atoms with Crippen LogP contribution in [0.4, 0.5) is 0 Å². The maximum atomic E-state index is 4.28. The van der Waals surface area contributed by atoms with Crippen LogP contribution in [0.2, 0.25) is 0 Å². The van der Waals surface area contributed by atoms with Crippen molar-refractivity contribution in [2.45, 2.75) is 13.0 Å². The van der Waals surface area contributed by atoms with Gasteiger partial charge < -0.3 is 10.6 Å². The smallest absolute Gasteiger partial charge is 0.0670 e. The van der Waals surface area contributed by atoms with Crippen molar-refractivity contribution in [2.75, 3.05) is 14.1 Å². The molecule has 0 aliphatic heterocycles. The maximum Gasteiger partial charge on any atom is 0.0670 e. The zero-order valence-corrected chi connectivity index (χ0v) is 10.8. The first-order valence-corrected chi connectivity index (χ1v) is 5.61. The lowest BCUT2D eigenvalue weighted by atomic mass is 10.1. The van der Waals surface area contributed by atoms with Crippen molar-refractivity contribution in [1.82, 2.24) is 15.6 Å². The molecular weight excluding hydrogens is 254 g/mol. The Balaban J connectivity index is 2.92. The molecule has 0 saturated carbocycles. The zero-order valence-electron chi connectivity index (χ0n) is 9.21. The number of nitrogens with one attached hydrogen (secondary N) is 2. The van der Waals surface area contributed by atoms with Gasteiger partial charge in [0, 0.05) is 29.6 Å². The highest BCUT2D eigenvalue weighted by molar-refractivity contribution is 9.11. The van der Waals surface area contributed by atoms with Gasteiger partial charge in [0.2, 0.25) is 0 Å². The summed E-state index contributed by atoms with van der Waals surface area (Å²) in [6.45, 7) is 1.98. The summed E-state index contributed by atoms with van der Waals surface area (Å²) in [6.07, 6.45) is 3.81. The summed E-state index contributed by atoms with van der Waals surface area (Å²) < 4.78 is 1.05. The topological polar surface area (TPSA) is 37.0 Å². The molecule has 3 nitrogen and oxygen atoms in total. The fourth-order valence-electron chi connectivity index (χ4n) is 1.34. The van der Waals surface area contributed by atoms with Crippen LogP contribution in [0.3, 0.4) is 0 Å². The summed E-state index contributed by atoms with van der Waals surface area (Å²) in [6, 6.07) is 4.23. The van der Waals surface area contributed by atoms with Crippen LogP contribution >= 0.6 is 15.9 Å². The monoisotopic (exact) mass is 269 g/mol. The van der Waals surface area contributed by atoms with Crippen molar-refractivity contribution in [3.05, 3.63) is 40.3 Å². The number of hydrogen-bond donors (Lipinski definition) is 2. The highest BCUT2D eigenvalue weighted by atomic mass is 79.9. The number of likely N-dealkylation sites (N-methyl/N-ethyl adjacent to an activating group) is 1. The van der Waals surface area contributed by atoms with E-state index in [9.17, 15) is 0 Å². The molecule has 0 aromatic carbocycles. The lowest BCUT2D eigenvalue weighted by molar-refractivity contribution is 0.699. The highest BCUT2D eigenvalue weighted by Gasteiger charge is 2.12. The van der Waals surface area contributed by atoms with Crippen LogP contribution in [-0.2, 0) is 0 Å². The first-order valence-electron chi connectivity index (χ1n) is 4.81. The standard InChI is InChI=1S/C11H16BrN3/c1-8-4-5-9(6-15-8)11(14-3)10(12)7-13-2/h4-7,11,13-14H,1-3H3/b10-7+. The lowest BCUT2D eigenvalue weighted by Gasteiger charge is -2.15. The van der Waals surface area contributed by atoms with E-state index in [0.717, 1.165) is 15.7 Å². The molecule has 2 N–H and O–H groups in total. The van der Waals surface area contributed by atoms with Gasteiger partial charge in [-0.3, -0.25) is 4.98 Å². The van der Waals surface area contributed by atoms with Crippen molar-refractivity contribution < 1.29 is 0 Å². The van der Waals surface area contributed by atoms with Gasteiger partial charge in [0.05, 0.1) is 6.04 Å². The molecule has 0 saturated heterocycles. The van der Waals surface area contributed by atoms with E-state index in [1.54, 1.807) is 0 Å². The van der Waals surface area contributed by atoms with Crippen LogP contribution < -0.4 is 10.6 Å². The molecule has 15 heavy (non-hydrogen) atoms. The van der Waals surface area contributed by atoms with Gasteiger partial charge in [-0.15, -0.1) is 0 Å². The molecule has 0 amide bonds. The van der Waals surface area contributed by atoms with Crippen LogP contribution in [-0.4, -0.2) is 19.1 Å². The number of nitrogens with zero attached hydrogens (tertiary/aromatic N) is 1. The minimum absolute atomic E-state index is 0.144. The Morgan fingerprint density at radius 3 is 2.67 bits per heavy atom. The highest BCUT2D eigenvalue weighted by Crippen LogP contribution is 2.24. The molecule has 1 atom stereocenters. The Bertz CT molecular complexity index is 332. The molecular formula is C11H16BrN3. The van der Waals surface area contributed by atoms with Gasteiger partial charge >= 0.3 is 0 Å². The van der Waals surface area contributed by atoms with Crippen molar-refractivity contribution in [3.8, 4) is 0 Å². The molecule has 1 unspecified atom stereocenters. The summed E-state index contributed by atoms with van der Waals surface area (Å²) in [5, 5.41) is 6.22. The maximum absolute atomic E-state index is 4.28. The molecule has 1 aromatic heterocycles. The molecule has 1 rings (SSSR count). The van der Waals surface area contributed by atoms with E-state index in [0.29, 0.717) is 0 Å². The summed E-state index contributed by atoms with van der Waals surface area (Å²) >= 11 is 3.53. The molecule has 4 heteroatoms. The zero-order chi connectivity index (χ0) is 11.3. The van der Waals surface area contributed by atoms with E-state index in [2.05, 4.69) is 37.6 Å². The van der Waals surface area contributed by atoms with Gasteiger partial charge in [-0.25, -0.2) is 0 Å². The molecule has 0 fully saturated rings. The Morgan fingerprint density at radius 2 is 2.20 bits per heavy atom. The van der Waals surface area contributed by atoms with Crippen molar-refractivity contribution in [2.24, 2.45) is 0 Å². The van der Waals surface area contributed by atoms with E-state index in [1.807, 2.05) is 39.5 Å². The Hall–Kier alpha value is -0.870. The van der Waals surface area contributed by atoms with Gasteiger partial charge in [-0.05, 0) is 25.6 Å². The second-order valence-corrected chi connectivity index (χ2v) is 4.19. The van der Waals surface area contributed by atoms with Crippen LogP contribution in [0, 0.1) is 6.92 Å². The van der Waals surface area contributed by atoms with Gasteiger partial charge in [-0.1, -0.05) is 22.0 Å². The molecule has 0 radical (unpaired) electrons. The minimum Gasteiger partial charge on any atom is -0.393 e. The number of rotatable bonds is 4. The largest absolute Gasteiger partial charge is 0.393 e. The Kier molecular flexibility index (Phi) is 4.78. The van der Waals surface area contributed by atoms with Crippen LogP contribution in [0.25, 0.3) is 0 Å². The van der Waals surface area contributed by atoms with Crippen LogP contribution in [0.15, 0.2) is 29.0 Å². The summed E-state index contributed by atoms with van der Waals surface area (Å²) in [4.78, 5) is 4.28. The van der Waals surface area contributed by atoms with E-state index >= 15 is 0 Å². The van der Waals surface area contributed by atoms with Gasteiger partial charge in [0.15, 0.2) is 0 Å². The van der Waals surface area contributed by atoms with Crippen molar-refractivity contribution >= 4 is 15.9 Å². The fourth-order valence-corrected chi connectivity index (χ4v) is 2.06. The van der Waals surface area contributed by atoms with Gasteiger partial charge in [0.25, 0.3) is 0 Å². The number of pyridine rings is 1. The third kappa shape index (κ3) is 3.32. The average molecular weight is 270 g/mol. The predicted molar refractivity (Wildman–Crippen MR) is 66.8 cm³/mol. The first kappa shape index (κ1) is 12.2. The average Bonchev–Trinajstić information content (AvgIpc) is 2.22. The lowest BCUT2D eigenvalue weighted by Crippen LogP contribution is -2.17. The second-order valence-electron chi connectivity index (χ2n) is 3.27. The quantitative estimate of drug-likeness (QED) is 0.879. The predicted octanol–water partition coefficient (Wildman–Crippen LogP) is 2.11. The van der Waals surface area contributed by atoms with E-state index in [1.165, 1.54) is 0 Å². The van der Waals surface area contributed by atoms with Crippen LogP contribution in [0.5, 0.6) is 0 Å². The number of halogens is 1. The normalized spacial score (nSPS) is 13.7. The number of hydrogen-bond acceptors (Lipinski definition) is 3. The molecule has 0 aliphatic carbocycles. The van der Waals surface area contributed by atoms with Crippen molar-refractivity contribution in [1.29, 1.82) is 0 Å². The summed E-state index contributed by atoms with van der Waals surface area (Å²) in [5.41, 5.74) is 2.17. The molecule has 82 valence electrons. The van der Waals surface area contributed by atoms with Crippen LogP contribution in [0.1, 0.15) is 17.3 Å². The minimum atomic E-state index is 0.144. The van der Waals surface area contributed by atoms with E-state index in [-0.39, 0.29) is 6.04 Å². The first-order chi connectivity index (χ1) is 7.19. The Morgan fingerprint density at radius 1 is 1.47 bits per heavy atom. The molecule has 1 heterocycles. The third-order valence-corrected chi connectivity index (χ3v) is 2.80.